The average molecular weight is 208 g/mol. The SMILES string of the molecule is CCCCC(Oc1ccccc1)C(C)O. The van der Waals surface area contributed by atoms with Gasteiger partial charge in [0.25, 0.3) is 0 Å². The number of benzene rings is 1. The molecule has 1 N–H and O–H groups in total. The summed E-state index contributed by atoms with van der Waals surface area (Å²) in [5, 5.41) is 9.58. The summed E-state index contributed by atoms with van der Waals surface area (Å²) in [6.07, 6.45) is 2.61. The number of aliphatic hydroxyl groups excluding tert-OH is 1. The van der Waals surface area contributed by atoms with Crippen LogP contribution in [0.25, 0.3) is 0 Å². The highest BCUT2D eigenvalue weighted by molar-refractivity contribution is 5.21. The highest BCUT2D eigenvalue weighted by atomic mass is 16.5. The third-order valence-electron chi connectivity index (χ3n) is 2.41. The fourth-order valence-corrected chi connectivity index (χ4v) is 1.48. The first-order valence-electron chi connectivity index (χ1n) is 5.63. The minimum atomic E-state index is -0.420. The number of hydrogen-bond donors (Lipinski definition) is 1. The van der Waals surface area contributed by atoms with E-state index in [1.54, 1.807) is 6.92 Å². The van der Waals surface area contributed by atoms with Gasteiger partial charge in [-0.2, -0.15) is 0 Å². The zero-order chi connectivity index (χ0) is 11.1. The Bertz CT molecular complexity index is 256. The molecule has 2 heteroatoms. The summed E-state index contributed by atoms with van der Waals surface area (Å²) in [5.41, 5.74) is 0. The van der Waals surface area contributed by atoms with Gasteiger partial charge in [-0.25, -0.2) is 0 Å². The molecule has 0 saturated carbocycles. The molecule has 0 radical (unpaired) electrons. The maximum Gasteiger partial charge on any atom is 0.124 e. The maximum absolute atomic E-state index is 9.58. The van der Waals surface area contributed by atoms with Crippen molar-refractivity contribution in [1.82, 2.24) is 0 Å². The molecule has 0 bridgehead atoms. The topological polar surface area (TPSA) is 29.5 Å². The summed E-state index contributed by atoms with van der Waals surface area (Å²) in [5.74, 6) is 0.833. The van der Waals surface area contributed by atoms with Crippen LogP contribution in [-0.2, 0) is 0 Å². The van der Waals surface area contributed by atoms with Crippen molar-refractivity contribution in [3.05, 3.63) is 30.3 Å². The van der Waals surface area contributed by atoms with Gasteiger partial charge in [0.05, 0.1) is 6.10 Å². The van der Waals surface area contributed by atoms with Crippen molar-refractivity contribution in [3.8, 4) is 5.75 Å². The molecule has 1 aromatic carbocycles. The molecule has 0 aromatic heterocycles. The van der Waals surface area contributed by atoms with E-state index in [-0.39, 0.29) is 6.10 Å². The van der Waals surface area contributed by atoms with Gasteiger partial charge >= 0.3 is 0 Å². The van der Waals surface area contributed by atoms with E-state index in [1.165, 1.54) is 0 Å². The zero-order valence-electron chi connectivity index (χ0n) is 9.52. The van der Waals surface area contributed by atoms with Crippen LogP contribution in [-0.4, -0.2) is 17.3 Å². The number of hydrogen-bond acceptors (Lipinski definition) is 2. The third-order valence-corrected chi connectivity index (χ3v) is 2.41. The maximum atomic E-state index is 9.58. The molecule has 0 heterocycles. The molecular weight excluding hydrogens is 188 g/mol. The number of ether oxygens (including phenoxy) is 1. The fraction of sp³-hybridized carbons (Fsp3) is 0.538. The van der Waals surface area contributed by atoms with Gasteiger partial charge in [-0.3, -0.25) is 0 Å². The van der Waals surface area contributed by atoms with Crippen LogP contribution in [0.5, 0.6) is 5.75 Å². The van der Waals surface area contributed by atoms with E-state index in [2.05, 4.69) is 6.92 Å². The van der Waals surface area contributed by atoms with Crippen molar-refractivity contribution in [3.63, 3.8) is 0 Å². The average Bonchev–Trinajstić information content (AvgIpc) is 2.25. The molecule has 2 atom stereocenters. The van der Waals surface area contributed by atoms with Gasteiger partial charge in [-0.05, 0) is 31.9 Å². The van der Waals surface area contributed by atoms with Crippen molar-refractivity contribution in [2.24, 2.45) is 0 Å². The molecule has 0 aliphatic rings. The summed E-state index contributed by atoms with van der Waals surface area (Å²) < 4.78 is 5.73. The molecule has 0 saturated heterocycles. The van der Waals surface area contributed by atoms with Crippen LogP contribution in [0, 0.1) is 0 Å². The van der Waals surface area contributed by atoms with Gasteiger partial charge in [0.2, 0.25) is 0 Å². The number of para-hydroxylation sites is 1. The van der Waals surface area contributed by atoms with Crippen LogP contribution in [0.15, 0.2) is 30.3 Å². The van der Waals surface area contributed by atoms with E-state index in [0.29, 0.717) is 0 Å². The van der Waals surface area contributed by atoms with Gasteiger partial charge < -0.3 is 9.84 Å². The van der Waals surface area contributed by atoms with Crippen molar-refractivity contribution in [1.29, 1.82) is 0 Å². The van der Waals surface area contributed by atoms with Crippen molar-refractivity contribution in [2.45, 2.75) is 45.3 Å². The van der Waals surface area contributed by atoms with Crippen molar-refractivity contribution in [2.75, 3.05) is 0 Å². The predicted molar refractivity (Wildman–Crippen MR) is 62.1 cm³/mol. The first-order chi connectivity index (χ1) is 7.24. The van der Waals surface area contributed by atoms with Gasteiger partial charge in [0.1, 0.15) is 11.9 Å². The smallest absolute Gasteiger partial charge is 0.124 e. The minimum Gasteiger partial charge on any atom is -0.488 e. The second-order valence-electron chi connectivity index (χ2n) is 3.85. The quantitative estimate of drug-likeness (QED) is 0.778. The molecular formula is C13H20O2. The summed E-state index contributed by atoms with van der Waals surface area (Å²) in [4.78, 5) is 0. The number of unbranched alkanes of at least 4 members (excludes halogenated alkanes) is 1. The normalized spacial score (nSPS) is 14.6. The molecule has 2 unspecified atom stereocenters. The van der Waals surface area contributed by atoms with Crippen LogP contribution < -0.4 is 4.74 Å². The summed E-state index contributed by atoms with van der Waals surface area (Å²) in [6, 6.07) is 9.67. The molecule has 2 nitrogen and oxygen atoms in total. The predicted octanol–water partition coefficient (Wildman–Crippen LogP) is 3.01. The van der Waals surface area contributed by atoms with Gasteiger partial charge in [0, 0.05) is 0 Å². The Balaban J connectivity index is 2.51. The molecule has 15 heavy (non-hydrogen) atoms. The molecule has 0 amide bonds. The largest absolute Gasteiger partial charge is 0.488 e. The first kappa shape index (κ1) is 12.1. The van der Waals surface area contributed by atoms with Crippen LogP contribution in [0.3, 0.4) is 0 Å². The second kappa shape index (κ2) is 6.46. The Labute approximate surface area is 91.9 Å². The Hall–Kier alpha value is -1.02. The summed E-state index contributed by atoms with van der Waals surface area (Å²) in [6.45, 7) is 3.92. The van der Waals surface area contributed by atoms with Gasteiger partial charge in [-0.1, -0.05) is 31.5 Å². The molecule has 1 aromatic rings. The lowest BCUT2D eigenvalue weighted by Gasteiger charge is -2.21. The monoisotopic (exact) mass is 208 g/mol. The molecule has 0 fully saturated rings. The number of aliphatic hydroxyl groups is 1. The number of rotatable bonds is 6. The van der Waals surface area contributed by atoms with E-state index in [9.17, 15) is 5.11 Å². The summed E-state index contributed by atoms with van der Waals surface area (Å²) >= 11 is 0. The van der Waals surface area contributed by atoms with Crippen LogP contribution in [0.1, 0.15) is 33.1 Å². The Kier molecular flexibility index (Phi) is 5.19. The molecule has 0 aliphatic heterocycles. The first-order valence-corrected chi connectivity index (χ1v) is 5.63. The second-order valence-corrected chi connectivity index (χ2v) is 3.85. The lowest BCUT2D eigenvalue weighted by molar-refractivity contribution is 0.0421. The van der Waals surface area contributed by atoms with E-state index < -0.39 is 6.10 Å². The van der Waals surface area contributed by atoms with Crippen molar-refractivity contribution >= 4 is 0 Å². The van der Waals surface area contributed by atoms with E-state index in [4.69, 9.17) is 4.74 Å². The van der Waals surface area contributed by atoms with Gasteiger partial charge in [0.15, 0.2) is 0 Å². The lowest BCUT2D eigenvalue weighted by Crippen LogP contribution is -2.29. The summed E-state index contributed by atoms with van der Waals surface area (Å²) in [7, 11) is 0. The van der Waals surface area contributed by atoms with Crippen LogP contribution in [0.2, 0.25) is 0 Å². The Morgan fingerprint density at radius 3 is 2.47 bits per heavy atom. The minimum absolute atomic E-state index is 0.0904. The molecule has 0 spiro atoms. The highest BCUT2D eigenvalue weighted by Gasteiger charge is 2.15. The van der Waals surface area contributed by atoms with Crippen LogP contribution in [0.4, 0.5) is 0 Å². The third kappa shape index (κ3) is 4.34. The highest BCUT2D eigenvalue weighted by Crippen LogP contribution is 2.16. The van der Waals surface area contributed by atoms with E-state index in [0.717, 1.165) is 25.0 Å². The molecule has 0 aliphatic carbocycles. The fourth-order valence-electron chi connectivity index (χ4n) is 1.48. The van der Waals surface area contributed by atoms with E-state index in [1.807, 2.05) is 30.3 Å². The van der Waals surface area contributed by atoms with Crippen LogP contribution >= 0.6 is 0 Å². The Morgan fingerprint density at radius 2 is 1.93 bits per heavy atom. The van der Waals surface area contributed by atoms with E-state index >= 15 is 0 Å². The molecule has 1 rings (SSSR count). The van der Waals surface area contributed by atoms with Gasteiger partial charge in [-0.15, -0.1) is 0 Å². The Morgan fingerprint density at radius 1 is 1.27 bits per heavy atom. The standard InChI is InChI=1S/C13H20O2/c1-3-4-10-13(11(2)14)15-12-8-6-5-7-9-12/h5-9,11,13-14H,3-4,10H2,1-2H3. The molecule has 84 valence electrons. The van der Waals surface area contributed by atoms with Crippen molar-refractivity contribution < 1.29 is 9.84 Å². The lowest BCUT2D eigenvalue weighted by atomic mass is 10.1. The zero-order valence-corrected chi connectivity index (χ0v) is 9.52.